The SMILES string of the molecule is CN(C(=O)c1ccc(F)cc1)C1CCN(C2=CC=C(NC(=O)Nc3ccc(OC4=CC=CCC4)cc3)CC2)C1. The maximum Gasteiger partial charge on any atom is 0.323 e. The molecule has 39 heavy (non-hydrogen) atoms. The predicted molar refractivity (Wildman–Crippen MR) is 150 cm³/mol. The van der Waals surface area contributed by atoms with Gasteiger partial charge in [0.1, 0.15) is 17.3 Å². The summed E-state index contributed by atoms with van der Waals surface area (Å²) >= 11 is 0. The number of urea groups is 1. The van der Waals surface area contributed by atoms with Gasteiger partial charge in [0, 0.05) is 49.2 Å². The number of hydrogen-bond donors (Lipinski definition) is 2. The van der Waals surface area contributed by atoms with E-state index in [0.717, 1.165) is 62.4 Å². The second-order valence-electron chi connectivity index (χ2n) is 9.97. The van der Waals surface area contributed by atoms with Crippen LogP contribution in [0.4, 0.5) is 14.9 Å². The van der Waals surface area contributed by atoms with Crippen molar-refractivity contribution in [2.75, 3.05) is 25.5 Å². The molecule has 1 unspecified atom stereocenters. The largest absolute Gasteiger partial charge is 0.462 e. The van der Waals surface area contributed by atoms with Gasteiger partial charge in [0.2, 0.25) is 0 Å². The molecule has 1 heterocycles. The lowest BCUT2D eigenvalue weighted by atomic mass is 10.1. The van der Waals surface area contributed by atoms with Crippen molar-refractivity contribution in [1.29, 1.82) is 0 Å². The van der Waals surface area contributed by atoms with E-state index in [1.54, 1.807) is 4.90 Å². The van der Waals surface area contributed by atoms with E-state index in [2.05, 4.69) is 21.6 Å². The fourth-order valence-electron chi connectivity index (χ4n) is 5.01. The quantitative estimate of drug-likeness (QED) is 0.465. The Balaban J connectivity index is 1.10. The molecule has 0 radical (unpaired) electrons. The molecule has 0 aromatic heterocycles. The molecule has 0 spiro atoms. The normalized spacial score (nSPS) is 18.6. The van der Waals surface area contributed by atoms with Crippen molar-refractivity contribution in [1.82, 2.24) is 15.1 Å². The van der Waals surface area contributed by atoms with Gasteiger partial charge in [-0.3, -0.25) is 4.79 Å². The van der Waals surface area contributed by atoms with Gasteiger partial charge in [-0.2, -0.15) is 0 Å². The van der Waals surface area contributed by atoms with Crippen LogP contribution < -0.4 is 15.4 Å². The van der Waals surface area contributed by atoms with Crippen LogP contribution in [0, 0.1) is 5.82 Å². The molecule has 1 saturated heterocycles. The molecule has 5 rings (SSSR count). The van der Waals surface area contributed by atoms with Crippen molar-refractivity contribution in [2.45, 2.75) is 38.1 Å². The van der Waals surface area contributed by atoms with Crippen LogP contribution in [-0.4, -0.2) is 47.9 Å². The number of likely N-dealkylation sites (tertiary alicyclic amines) is 1. The first-order chi connectivity index (χ1) is 18.9. The number of halogens is 1. The second kappa shape index (κ2) is 12.0. The molecular weight excluding hydrogens is 495 g/mol. The number of amides is 3. The molecule has 8 heteroatoms. The van der Waals surface area contributed by atoms with Gasteiger partial charge in [0.15, 0.2) is 0 Å². The minimum absolute atomic E-state index is 0.0887. The number of carbonyl (C=O) groups is 2. The van der Waals surface area contributed by atoms with E-state index in [0.29, 0.717) is 11.3 Å². The van der Waals surface area contributed by atoms with Gasteiger partial charge in [-0.25, -0.2) is 9.18 Å². The summed E-state index contributed by atoms with van der Waals surface area (Å²) in [4.78, 5) is 29.4. The van der Waals surface area contributed by atoms with Gasteiger partial charge in [0.05, 0.1) is 6.04 Å². The maximum absolute atomic E-state index is 13.2. The molecule has 2 aliphatic carbocycles. The first kappa shape index (κ1) is 26.3. The minimum Gasteiger partial charge on any atom is -0.462 e. The molecule has 1 aliphatic heterocycles. The highest BCUT2D eigenvalue weighted by molar-refractivity contribution is 5.94. The lowest BCUT2D eigenvalue weighted by molar-refractivity contribution is 0.0737. The second-order valence-corrected chi connectivity index (χ2v) is 9.97. The Morgan fingerprint density at radius 1 is 0.974 bits per heavy atom. The zero-order valence-corrected chi connectivity index (χ0v) is 22.0. The number of allylic oxidation sites excluding steroid dienone is 8. The zero-order valence-electron chi connectivity index (χ0n) is 22.0. The smallest absolute Gasteiger partial charge is 0.323 e. The van der Waals surface area contributed by atoms with Gasteiger partial charge in [-0.15, -0.1) is 0 Å². The van der Waals surface area contributed by atoms with Crippen molar-refractivity contribution >= 4 is 17.6 Å². The third-order valence-electron chi connectivity index (χ3n) is 7.27. The summed E-state index contributed by atoms with van der Waals surface area (Å²) in [6.45, 7) is 1.61. The summed E-state index contributed by atoms with van der Waals surface area (Å²) in [5, 5.41) is 5.81. The molecule has 2 N–H and O–H groups in total. The van der Waals surface area contributed by atoms with Crippen LogP contribution in [-0.2, 0) is 0 Å². The van der Waals surface area contributed by atoms with E-state index in [1.165, 1.54) is 30.0 Å². The van der Waals surface area contributed by atoms with Gasteiger partial charge >= 0.3 is 6.03 Å². The number of likely N-dealkylation sites (N-methyl/N-ethyl adjacent to an activating group) is 1. The lowest BCUT2D eigenvalue weighted by Crippen LogP contribution is -2.39. The summed E-state index contributed by atoms with van der Waals surface area (Å²) in [6.07, 6.45) is 14.3. The summed E-state index contributed by atoms with van der Waals surface area (Å²) in [5.74, 6) is 1.22. The highest BCUT2D eigenvalue weighted by atomic mass is 19.1. The van der Waals surface area contributed by atoms with E-state index in [9.17, 15) is 14.0 Å². The third kappa shape index (κ3) is 6.76. The Labute approximate surface area is 228 Å². The predicted octanol–water partition coefficient (Wildman–Crippen LogP) is 5.97. The molecule has 7 nitrogen and oxygen atoms in total. The van der Waals surface area contributed by atoms with Gasteiger partial charge in [-0.1, -0.05) is 12.2 Å². The molecular formula is C31H33FN4O3. The fourth-order valence-corrected chi connectivity index (χ4v) is 5.01. The van der Waals surface area contributed by atoms with Crippen LogP contribution in [0.3, 0.4) is 0 Å². The summed E-state index contributed by atoms with van der Waals surface area (Å²) < 4.78 is 19.1. The Hall–Kier alpha value is -4.33. The molecule has 3 aliphatic rings. The Bertz CT molecular complexity index is 1330. The molecule has 0 saturated carbocycles. The molecule has 2 aromatic carbocycles. The van der Waals surface area contributed by atoms with Gasteiger partial charge < -0.3 is 25.2 Å². The zero-order chi connectivity index (χ0) is 27.2. The molecule has 3 amide bonds. The molecule has 2 aromatic rings. The number of benzene rings is 2. The van der Waals surface area contributed by atoms with Crippen LogP contribution in [0.15, 0.2) is 96.1 Å². The van der Waals surface area contributed by atoms with Crippen LogP contribution >= 0.6 is 0 Å². The van der Waals surface area contributed by atoms with Crippen molar-refractivity contribution in [2.24, 2.45) is 0 Å². The number of nitrogens with zero attached hydrogens (tertiary/aromatic N) is 2. The van der Waals surface area contributed by atoms with Crippen molar-refractivity contribution in [3.8, 4) is 5.75 Å². The highest BCUT2D eigenvalue weighted by Gasteiger charge is 2.30. The third-order valence-corrected chi connectivity index (χ3v) is 7.27. The Kier molecular flexibility index (Phi) is 8.10. The summed E-state index contributed by atoms with van der Waals surface area (Å²) in [7, 11) is 1.81. The highest BCUT2D eigenvalue weighted by Crippen LogP contribution is 2.27. The number of anilines is 1. The summed E-state index contributed by atoms with van der Waals surface area (Å²) in [5.41, 5.74) is 3.23. The topological polar surface area (TPSA) is 73.9 Å². The van der Waals surface area contributed by atoms with Crippen molar-refractivity contribution in [3.63, 3.8) is 0 Å². The Morgan fingerprint density at radius 3 is 2.46 bits per heavy atom. The summed E-state index contributed by atoms with van der Waals surface area (Å²) in [6, 6.07) is 12.8. The van der Waals surface area contributed by atoms with Gasteiger partial charge in [0.25, 0.3) is 5.91 Å². The number of nitrogens with one attached hydrogen (secondary N) is 2. The van der Waals surface area contributed by atoms with E-state index < -0.39 is 0 Å². The average molecular weight is 529 g/mol. The molecule has 1 atom stereocenters. The van der Waals surface area contributed by atoms with Crippen LogP contribution in [0.1, 0.15) is 42.5 Å². The minimum atomic E-state index is -0.352. The number of rotatable bonds is 7. The average Bonchev–Trinajstić information content (AvgIpc) is 3.45. The van der Waals surface area contributed by atoms with E-state index in [4.69, 9.17) is 4.74 Å². The van der Waals surface area contributed by atoms with Crippen molar-refractivity contribution in [3.05, 3.63) is 107 Å². The number of ether oxygens (including phenoxy) is 1. The van der Waals surface area contributed by atoms with Crippen molar-refractivity contribution < 1.29 is 18.7 Å². The van der Waals surface area contributed by atoms with Gasteiger partial charge in [-0.05, 0) is 92.4 Å². The standard InChI is InChI=1S/C31H33FN4O3/c1-35(30(37)22-7-9-23(32)10-8-22)27-19-20-36(21-27)26-15-11-24(12-16-26)33-31(38)34-25-13-17-29(18-14-25)39-28-5-3-2-4-6-28/h2-3,5,7-11,13-15,17-18,27H,4,6,12,16,19-21H2,1H3,(H2,33,34,38). The van der Waals surface area contributed by atoms with E-state index in [-0.39, 0.29) is 23.8 Å². The molecule has 202 valence electrons. The number of hydrogen-bond acceptors (Lipinski definition) is 4. The van der Waals surface area contributed by atoms with Crippen LogP contribution in [0.5, 0.6) is 5.75 Å². The van der Waals surface area contributed by atoms with E-state index >= 15 is 0 Å². The monoisotopic (exact) mass is 528 g/mol. The lowest BCUT2D eigenvalue weighted by Gasteiger charge is -2.28. The Morgan fingerprint density at radius 2 is 1.77 bits per heavy atom. The van der Waals surface area contributed by atoms with Crippen LogP contribution in [0.2, 0.25) is 0 Å². The maximum atomic E-state index is 13.2. The number of carbonyl (C=O) groups excluding carboxylic acids is 2. The first-order valence-electron chi connectivity index (χ1n) is 13.3. The first-order valence-corrected chi connectivity index (χ1v) is 13.3. The van der Waals surface area contributed by atoms with E-state index in [1.807, 2.05) is 55.6 Å². The molecule has 1 fully saturated rings. The van der Waals surface area contributed by atoms with Crippen LogP contribution in [0.25, 0.3) is 0 Å². The molecule has 0 bridgehead atoms. The fraction of sp³-hybridized carbons (Fsp3) is 0.290.